The minimum atomic E-state index is -0.676. The SMILES string of the molecule is COc1cccc(NC(=O)C2(C)CCCc3cnc(N(C)C)nc32)c1. The van der Waals surface area contributed by atoms with Crippen LogP contribution in [0.2, 0.25) is 0 Å². The summed E-state index contributed by atoms with van der Waals surface area (Å²) in [5, 5.41) is 3.02. The molecule has 1 amide bonds. The first-order chi connectivity index (χ1) is 11.9. The van der Waals surface area contributed by atoms with Crippen LogP contribution in [0.4, 0.5) is 11.6 Å². The number of aryl methyl sites for hydroxylation is 1. The van der Waals surface area contributed by atoms with E-state index in [1.807, 2.05) is 56.4 Å². The number of amides is 1. The number of aromatic nitrogens is 2. The van der Waals surface area contributed by atoms with Gasteiger partial charge in [0.2, 0.25) is 11.9 Å². The maximum Gasteiger partial charge on any atom is 0.236 e. The van der Waals surface area contributed by atoms with Gasteiger partial charge in [-0.1, -0.05) is 6.07 Å². The molecule has 6 heteroatoms. The number of methoxy groups -OCH3 is 1. The highest BCUT2D eigenvalue weighted by atomic mass is 16.5. The molecule has 1 N–H and O–H groups in total. The van der Waals surface area contributed by atoms with Crippen molar-refractivity contribution in [2.75, 3.05) is 31.4 Å². The molecule has 1 aromatic heterocycles. The molecule has 0 radical (unpaired) electrons. The maximum atomic E-state index is 13.1. The fraction of sp³-hybridized carbons (Fsp3) is 0.421. The highest BCUT2D eigenvalue weighted by molar-refractivity contribution is 5.99. The van der Waals surface area contributed by atoms with E-state index < -0.39 is 5.41 Å². The van der Waals surface area contributed by atoms with Gasteiger partial charge >= 0.3 is 0 Å². The summed E-state index contributed by atoms with van der Waals surface area (Å²) in [5.41, 5.74) is 1.93. The van der Waals surface area contributed by atoms with Gasteiger partial charge in [-0.2, -0.15) is 0 Å². The van der Waals surface area contributed by atoms with Gasteiger partial charge in [-0.15, -0.1) is 0 Å². The number of hydrogen-bond acceptors (Lipinski definition) is 5. The van der Waals surface area contributed by atoms with E-state index in [2.05, 4.69) is 10.3 Å². The number of carbonyl (C=O) groups is 1. The number of nitrogens with one attached hydrogen (secondary N) is 1. The minimum Gasteiger partial charge on any atom is -0.497 e. The number of fused-ring (bicyclic) bond motifs is 1. The van der Waals surface area contributed by atoms with Crippen LogP contribution in [0.25, 0.3) is 0 Å². The zero-order valence-electron chi connectivity index (χ0n) is 15.2. The van der Waals surface area contributed by atoms with Gasteiger partial charge in [-0.3, -0.25) is 4.79 Å². The average Bonchev–Trinajstić information content (AvgIpc) is 2.61. The van der Waals surface area contributed by atoms with Crippen molar-refractivity contribution in [2.24, 2.45) is 0 Å². The van der Waals surface area contributed by atoms with Crippen LogP contribution in [0.15, 0.2) is 30.5 Å². The molecule has 3 rings (SSSR count). The first-order valence-electron chi connectivity index (χ1n) is 8.43. The molecule has 1 heterocycles. The molecular weight excluding hydrogens is 316 g/mol. The number of anilines is 2. The van der Waals surface area contributed by atoms with Gasteiger partial charge in [0, 0.05) is 32.0 Å². The van der Waals surface area contributed by atoms with Crippen molar-refractivity contribution in [2.45, 2.75) is 31.6 Å². The van der Waals surface area contributed by atoms with Crippen LogP contribution in [0.5, 0.6) is 5.75 Å². The van der Waals surface area contributed by atoms with Crippen molar-refractivity contribution >= 4 is 17.5 Å². The van der Waals surface area contributed by atoms with Crippen molar-refractivity contribution < 1.29 is 9.53 Å². The molecule has 25 heavy (non-hydrogen) atoms. The van der Waals surface area contributed by atoms with Crippen LogP contribution in [0, 0.1) is 0 Å². The Morgan fingerprint density at radius 1 is 1.36 bits per heavy atom. The monoisotopic (exact) mass is 340 g/mol. The second kappa shape index (κ2) is 6.70. The third kappa shape index (κ3) is 3.29. The summed E-state index contributed by atoms with van der Waals surface area (Å²) >= 11 is 0. The second-order valence-corrected chi connectivity index (χ2v) is 6.81. The summed E-state index contributed by atoms with van der Waals surface area (Å²) in [7, 11) is 5.41. The zero-order valence-corrected chi connectivity index (χ0v) is 15.2. The number of rotatable bonds is 4. The lowest BCUT2D eigenvalue weighted by molar-refractivity contribution is -0.121. The maximum absolute atomic E-state index is 13.1. The van der Waals surface area contributed by atoms with E-state index in [4.69, 9.17) is 9.72 Å². The first kappa shape index (κ1) is 17.2. The lowest BCUT2D eigenvalue weighted by Crippen LogP contribution is -2.41. The Hall–Kier alpha value is -2.63. The third-order valence-electron chi connectivity index (χ3n) is 4.73. The van der Waals surface area contributed by atoms with Crippen molar-refractivity contribution in [3.05, 3.63) is 41.7 Å². The minimum absolute atomic E-state index is 0.0508. The Bertz CT molecular complexity index is 791. The molecule has 0 fully saturated rings. The number of benzene rings is 1. The quantitative estimate of drug-likeness (QED) is 0.927. The number of nitrogens with zero attached hydrogens (tertiary/aromatic N) is 3. The topological polar surface area (TPSA) is 67.3 Å². The predicted octanol–water partition coefficient (Wildman–Crippen LogP) is 2.78. The molecule has 6 nitrogen and oxygen atoms in total. The molecule has 1 aromatic carbocycles. The molecule has 0 saturated heterocycles. The van der Waals surface area contributed by atoms with E-state index in [1.165, 1.54) is 0 Å². The second-order valence-electron chi connectivity index (χ2n) is 6.81. The van der Waals surface area contributed by atoms with E-state index in [0.29, 0.717) is 11.7 Å². The molecule has 1 aliphatic carbocycles. The van der Waals surface area contributed by atoms with Gasteiger partial charge in [-0.05, 0) is 43.9 Å². The molecule has 132 valence electrons. The fourth-order valence-electron chi connectivity index (χ4n) is 3.22. The van der Waals surface area contributed by atoms with Crippen molar-refractivity contribution in [1.82, 2.24) is 9.97 Å². The van der Waals surface area contributed by atoms with Crippen LogP contribution >= 0.6 is 0 Å². The molecule has 1 unspecified atom stereocenters. The van der Waals surface area contributed by atoms with Crippen LogP contribution in [-0.4, -0.2) is 37.1 Å². The van der Waals surface area contributed by atoms with Crippen molar-refractivity contribution in [3.63, 3.8) is 0 Å². The van der Waals surface area contributed by atoms with Crippen molar-refractivity contribution in [1.29, 1.82) is 0 Å². The van der Waals surface area contributed by atoms with Gasteiger partial charge in [0.25, 0.3) is 0 Å². The lowest BCUT2D eigenvalue weighted by Gasteiger charge is -2.33. The van der Waals surface area contributed by atoms with E-state index in [-0.39, 0.29) is 5.91 Å². The summed E-state index contributed by atoms with van der Waals surface area (Å²) < 4.78 is 5.23. The molecule has 1 aliphatic rings. The summed E-state index contributed by atoms with van der Waals surface area (Å²) in [5.74, 6) is 1.29. The number of carbonyl (C=O) groups excluding carboxylic acids is 1. The normalized spacial score (nSPS) is 19.0. The van der Waals surface area contributed by atoms with E-state index >= 15 is 0 Å². The molecule has 1 atom stereocenters. The molecule has 0 spiro atoms. The van der Waals surface area contributed by atoms with E-state index in [9.17, 15) is 4.79 Å². The highest BCUT2D eigenvalue weighted by Crippen LogP contribution is 2.37. The van der Waals surface area contributed by atoms with Crippen LogP contribution in [-0.2, 0) is 16.6 Å². The van der Waals surface area contributed by atoms with Crippen LogP contribution in [0.3, 0.4) is 0 Å². The molecule has 0 bridgehead atoms. The zero-order chi connectivity index (χ0) is 18.0. The number of ether oxygens (including phenoxy) is 1. The van der Waals surface area contributed by atoms with Gasteiger partial charge < -0.3 is 15.0 Å². The van der Waals surface area contributed by atoms with Crippen LogP contribution in [0.1, 0.15) is 31.0 Å². The van der Waals surface area contributed by atoms with Gasteiger partial charge in [0.05, 0.1) is 18.2 Å². The Balaban J connectivity index is 1.93. The number of hydrogen-bond donors (Lipinski definition) is 1. The summed E-state index contributed by atoms with van der Waals surface area (Å²) in [6.45, 7) is 1.97. The Morgan fingerprint density at radius 3 is 2.88 bits per heavy atom. The Morgan fingerprint density at radius 2 is 2.16 bits per heavy atom. The first-order valence-corrected chi connectivity index (χ1v) is 8.43. The third-order valence-corrected chi connectivity index (χ3v) is 4.73. The smallest absolute Gasteiger partial charge is 0.236 e. The highest BCUT2D eigenvalue weighted by Gasteiger charge is 2.41. The van der Waals surface area contributed by atoms with E-state index in [0.717, 1.165) is 36.2 Å². The van der Waals surface area contributed by atoms with Gasteiger partial charge in [-0.25, -0.2) is 9.97 Å². The fourth-order valence-corrected chi connectivity index (χ4v) is 3.22. The standard InChI is InChI=1S/C19H24N4O2/c1-19(17(24)21-14-8-5-9-15(11-14)25-4)10-6-7-13-12-20-18(23(2)3)22-16(13)19/h5,8-9,11-12H,6-7,10H2,1-4H3,(H,21,24). The lowest BCUT2D eigenvalue weighted by atomic mass is 9.74. The molecule has 2 aromatic rings. The van der Waals surface area contributed by atoms with Gasteiger partial charge in [0.15, 0.2) is 0 Å². The largest absolute Gasteiger partial charge is 0.497 e. The van der Waals surface area contributed by atoms with Crippen LogP contribution < -0.4 is 15.0 Å². The molecular formula is C19H24N4O2. The Labute approximate surface area is 148 Å². The molecule has 0 saturated carbocycles. The summed E-state index contributed by atoms with van der Waals surface area (Å²) in [6, 6.07) is 7.39. The Kier molecular flexibility index (Phi) is 4.61. The molecule has 0 aliphatic heterocycles. The van der Waals surface area contributed by atoms with E-state index in [1.54, 1.807) is 7.11 Å². The summed E-state index contributed by atoms with van der Waals surface area (Å²) in [6.07, 6.45) is 4.47. The van der Waals surface area contributed by atoms with Gasteiger partial charge in [0.1, 0.15) is 5.75 Å². The predicted molar refractivity (Wildman–Crippen MR) is 98.3 cm³/mol. The van der Waals surface area contributed by atoms with Crippen molar-refractivity contribution in [3.8, 4) is 5.75 Å². The average molecular weight is 340 g/mol. The summed E-state index contributed by atoms with van der Waals surface area (Å²) in [4.78, 5) is 24.0.